The summed E-state index contributed by atoms with van der Waals surface area (Å²) < 4.78 is 0. The summed E-state index contributed by atoms with van der Waals surface area (Å²) in [5.41, 5.74) is 1.12. The van der Waals surface area contributed by atoms with Crippen molar-refractivity contribution in [1.29, 1.82) is 0 Å². The van der Waals surface area contributed by atoms with Gasteiger partial charge in [-0.25, -0.2) is 0 Å². The second kappa shape index (κ2) is 6.94. The third-order valence-corrected chi connectivity index (χ3v) is 4.56. The van der Waals surface area contributed by atoms with Gasteiger partial charge in [-0.2, -0.15) is 0 Å². The van der Waals surface area contributed by atoms with Crippen LogP contribution in [0.25, 0.3) is 0 Å². The van der Waals surface area contributed by atoms with Gasteiger partial charge >= 0.3 is 0 Å². The van der Waals surface area contributed by atoms with Crippen LogP contribution < -0.4 is 5.32 Å². The Morgan fingerprint density at radius 1 is 1.42 bits per heavy atom. The monoisotopic (exact) mass is 300 g/mol. The highest BCUT2D eigenvalue weighted by Gasteiger charge is 2.23. The molecule has 1 saturated heterocycles. The van der Waals surface area contributed by atoms with Crippen molar-refractivity contribution in [2.75, 3.05) is 19.6 Å². The molecular formula is C15H22Cl2N2. The van der Waals surface area contributed by atoms with E-state index in [0.717, 1.165) is 23.7 Å². The van der Waals surface area contributed by atoms with Gasteiger partial charge in [-0.15, -0.1) is 0 Å². The number of hydrogen-bond donors (Lipinski definition) is 1. The number of halogens is 2. The van der Waals surface area contributed by atoms with E-state index in [1.54, 1.807) is 0 Å². The predicted octanol–water partition coefficient (Wildman–Crippen LogP) is 4.13. The Morgan fingerprint density at radius 2 is 2.21 bits per heavy atom. The van der Waals surface area contributed by atoms with Crippen molar-refractivity contribution in [3.8, 4) is 0 Å². The van der Waals surface area contributed by atoms with E-state index in [1.807, 2.05) is 18.2 Å². The molecule has 106 valence electrons. The van der Waals surface area contributed by atoms with E-state index in [9.17, 15) is 0 Å². The Balaban J connectivity index is 1.92. The highest BCUT2D eigenvalue weighted by atomic mass is 35.5. The molecule has 1 aliphatic heterocycles. The van der Waals surface area contributed by atoms with E-state index >= 15 is 0 Å². The Hall–Kier alpha value is -0.280. The van der Waals surface area contributed by atoms with Gasteiger partial charge in [0.15, 0.2) is 0 Å². The van der Waals surface area contributed by atoms with Crippen LogP contribution in [0.3, 0.4) is 0 Å². The fourth-order valence-electron chi connectivity index (χ4n) is 2.82. The van der Waals surface area contributed by atoms with Crippen LogP contribution in [0.2, 0.25) is 10.0 Å². The van der Waals surface area contributed by atoms with Crippen molar-refractivity contribution in [2.45, 2.75) is 38.8 Å². The number of nitrogens with zero attached hydrogens (tertiary/aromatic N) is 1. The van der Waals surface area contributed by atoms with Gasteiger partial charge in [0, 0.05) is 28.7 Å². The molecule has 0 spiro atoms. The summed E-state index contributed by atoms with van der Waals surface area (Å²) >= 11 is 12.2. The molecule has 2 unspecified atom stereocenters. The summed E-state index contributed by atoms with van der Waals surface area (Å²) in [6, 6.07) is 6.64. The number of nitrogens with one attached hydrogen (secondary N) is 1. The maximum absolute atomic E-state index is 6.24. The molecule has 4 heteroatoms. The minimum Gasteiger partial charge on any atom is -0.309 e. The van der Waals surface area contributed by atoms with Gasteiger partial charge in [0.05, 0.1) is 0 Å². The Labute approximate surface area is 126 Å². The molecule has 1 fully saturated rings. The summed E-state index contributed by atoms with van der Waals surface area (Å²) in [7, 11) is 0. The largest absolute Gasteiger partial charge is 0.309 e. The molecule has 1 aromatic rings. The molecule has 1 heterocycles. The summed E-state index contributed by atoms with van der Waals surface area (Å²) in [5, 5.41) is 5.03. The second-order valence-corrected chi connectivity index (χ2v) is 6.06. The molecule has 0 radical (unpaired) electrons. The Bertz CT molecular complexity index is 423. The summed E-state index contributed by atoms with van der Waals surface area (Å²) in [5.74, 6) is 0. The Morgan fingerprint density at radius 3 is 2.89 bits per heavy atom. The zero-order valence-corrected chi connectivity index (χ0v) is 13.1. The van der Waals surface area contributed by atoms with Gasteiger partial charge in [0.2, 0.25) is 0 Å². The molecule has 0 amide bonds. The van der Waals surface area contributed by atoms with Crippen molar-refractivity contribution >= 4 is 23.2 Å². The molecular weight excluding hydrogens is 279 g/mol. The second-order valence-electron chi connectivity index (χ2n) is 5.22. The van der Waals surface area contributed by atoms with E-state index in [1.165, 1.54) is 19.4 Å². The average molecular weight is 301 g/mol. The average Bonchev–Trinajstić information content (AvgIpc) is 2.83. The SMILES string of the molecule is CCN1CCCC1CNC(C)c1ccc(Cl)cc1Cl. The molecule has 0 saturated carbocycles. The minimum atomic E-state index is 0.254. The fraction of sp³-hybridized carbons (Fsp3) is 0.600. The molecule has 2 rings (SSSR count). The zero-order chi connectivity index (χ0) is 13.8. The van der Waals surface area contributed by atoms with Gasteiger partial charge in [-0.05, 0) is 50.6 Å². The molecule has 0 bridgehead atoms. The van der Waals surface area contributed by atoms with Crippen LogP contribution in [0.15, 0.2) is 18.2 Å². The lowest BCUT2D eigenvalue weighted by Gasteiger charge is -2.25. The van der Waals surface area contributed by atoms with Crippen LogP contribution in [0.4, 0.5) is 0 Å². The Kier molecular flexibility index (Phi) is 5.52. The molecule has 0 aliphatic carbocycles. The smallest absolute Gasteiger partial charge is 0.0468 e. The highest BCUT2D eigenvalue weighted by Crippen LogP contribution is 2.26. The van der Waals surface area contributed by atoms with Crippen LogP contribution in [0.1, 0.15) is 38.3 Å². The molecule has 0 aromatic heterocycles. The van der Waals surface area contributed by atoms with E-state index < -0.39 is 0 Å². The number of hydrogen-bond acceptors (Lipinski definition) is 2. The lowest BCUT2D eigenvalue weighted by molar-refractivity contribution is 0.255. The van der Waals surface area contributed by atoms with Crippen molar-refractivity contribution in [3.05, 3.63) is 33.8 Å². The zero-order valence-electron chi connectivity index (χ0n) is 11.6. The van der Waals surface area contributed by atoms with Gasteiger partial charge in [0.1, 0.15) is 0 Å². The van der Waals surface area contributed by atoms with Crippen molar-refractivity contribution in [2.24, 2.45) is 0 Å². The quantitative estimate of drug-likeness (QED) is 0.879. The first-order valence-corrected chi connectivity index (χ1v) is 7.79. The number of rotatable bonds is 5. The molecule has 1 N–H and O–H groups in total. The summed E-state index contributed by atoms with van der Waals surface area (Å²) in [6.45, 7) is 7.79. The minimum absolute atomic E-state index is 0.254. The van der Waals surface area contributed by atoms with Crippen LogP contribution in [0, 0.1) is 0 Å². The fourth-order valence-corrected chi connectivity index (χ4v) is 3.39. The van der Waals surface area contributed by atoms with Crippen molar-refractivity contribution in [1.82, 2.24) is 10.2 Å². The first-order chi connectivity index (χ1) is 9.11. The van der Waals surface area contributed by atoms with E-state index in [2.05, 4.69) is 24.1 Å². The summed E-state index contributed by atoms with van der Waals surface area (Å²) in [6.07, 6.45) is 2.61. The standard InChI is InChI=1S/C15H22Cl2N2/c1-3-19-8-4-5-13(19)10-18-11(2)14-7-6-12(16)9-15(14)17/h6-7,9,11,13,18H,3-5,8,10H2,1-2H3. The van der Waals surface area contributed by atoms with Crippen LogP contribution in [0.5, 0.6) is 0 Å². The predicted molar refractivity (Wildman–Crippen MR) is 83.1 cm³/mol. The third kappa shape index (κ3) is 3.85. The van der Waals surface area contributed by atoms with Gasteiger partial charge in [-0.1, -0.05) is 36.2 Å². The molecule has 1 aliphatic rings. The first-order valence-electron chi connectivity index (χ1n) is 7.04. The normalized spacial score (nSPS) is 21.8. The van der Waals surface area contributed by atoms with E-state index in [-0.39, 0.29) is 6.04 Å². The molecule has 2 nitrogen and oxygen atoms in total. The van der Waals surface area contributed by atoms with Gasteiger partial charge in [-0.3, -0.25) is 4.90 Å². The first kappa shape index (κ1) is 15.1. The van der Waals surface area contributed by atoms with E-state index in [4.69, 9.17) is 23.2 Å². The van der Waals surface area contributed by atoms with E-state index in [0.29, 0.717) is 11.1 Å². The lowest BCUT2D eigenvalue weighted by atomic mass is 10.1. The topological polar surface area (TPSA) is 15.3 Å². The van der Waals surface area contributed by atoms with Gasteiger partial charge in [0.25, 0.3) is 0 Å². The maximum Gasteiger partial charge on any atom is 0.0468 e. The summed E-state index contributed by atoms with van der Waals surface area (Å²) in [4.78, 5) is 2.54. The number of likely N-dealkylation sites (tertiary alicyclic amines) is 1. The lowest BCUT2D eigenvalue weighted by Crippen LogP contribution is -2.38. The van der Waals surface area contributed by atoms with Crippen molar-refractivity contribution < 1.29 is 0 Å². The number of likely N-dealkylation sites (N-methyl/N-ethyl adjacent to an activating group) is 1. The third-order valence-electron chi connectivity index (χ3n) is 3.99. The molecule has 19 heavy (non-hydrogen) atoms. The molecule has 2 atom stereocenters. The molecule has 1 aromatic carbocycles. The maximum atomic E-state index is 6.24. The number of benzene rings is 1. The van der Waals surface area contributed by atoms with Crippen LogP contribution in [-0.2, 0) is 0 Å². The van der Waals surface area contributed by atoms with Crippen LogP contribution in [-0.4, -0.2) is 30.6 Å². The van der Waals surface area contributed by atoms with Crippen molar-refractivity contribution in [3.63, 3.8) is 0 Å². The van der Waals surface area contributed by atoms with Crippen LogP contribution >= 0.6 is 23.2 Å². The highest BCUT2D eigenvalue weighted by molar-refractivity contribution is 6.35. The van der Waals surface area contributed by atoms with Gasteiger partial charge < -0.3 is 5.32 Å².